The number of rotatable bonds is 6. The Hall–Kier alpha value is -1.54. The molecule has 104 valence electrons. The Morgan fingerprint density at radius 1 is 1.35 bits per heavy atom. The highest BCUT2D eigenvalue weighted by Gasteiger charge is 2.10. The molecular weight excluding hydrogens is 292 g/mol. The second kappa shape index (κ2) is 6.27. The first-order valence-corrected chi connectivity index (χ1v) is 8.31. The van der Waals surface area contributed by atoms with Gasteiger partial charge in [0.15, 0.2) is 5.82 Å². The van der Waals surface area contributed by atoms with E-state index in [2.05, 4.69) is 32.4 Å². The standard InChI is InChI=1S/C12H14N6S2/c1-2-3-5-18-10(15-16-17-18)7-20-12-11-9(4-6-19-11)13-8-14-12/h4,6,8H,2-3,5,7H2,1H3. The van der Waals surface area contributed by atoms with Gasteiger partial charge in [0.25, 0.3) is 0 Å². The summed E-state index contributed by atoms with van der Waals surface area (Å²) < 4.78 is 3.01. The van der Waals surface area contributed by atoms with Crippen molar-refractivity contribution < 1.29 is 0 Å². The van der Waals surface area contributed by atoms with Crippen molar-refractivity contribution in [3.8, 4) is 0 Å². The summed E-state index contributed by atoms with van der Waals surface area (Å²) in [7, 11) is 0. The molecule has 3 aromatic rings. The van der Waals surface area contributed by atoms with Crippen molar-refractivity contribution in [3.05, 3.63) is 23.6 Å². The van der Waals surface area contributed by atoms with Crippen molar-refractivity contribution in [1.82, 2.24) is 30.2 Å². The van der Waals surface area contributed by atoms with Gasteiger partial charge in [-0.3, -0.25) is 0 Å². The Labute approximate surface area is 124 Å². The number of unbranched alkanes of at least 4 members (excludes halogenated alkanes) is 1. The van der Waals surface area contributed by atoms with Crippen molar-refractivity contribution in [1.29, 1.82) is 0 Å². The molecule has 3 aromatic heterocycles. The second-order valence-electron chi connectivity index (χ2n) is 4.27. The minimum atomic E-state index is 0.723. The molecule has 8 heteroatoms. The molecule has 0 spiro atoms. The average molecular weight is 306 g/mol. The van der Waals surface area contributed by atoms with E-state index in [9.17, 15) is 0 Å². The first kappa shape index (κ1) is 13.4. The fourth-order valence-corrected chi connectivity index (χ4v) is 3.69. The highest BCUT2D eigenvalue weighted by Crippen LogP contribution is 2.30. The quantitative estimate of drug-likeness (QED) is 0.515. The van der Waals surface area contributed by atoms with Crippen LogP contribution >= 0.6 is 23.1 Å². The lowest BCUT2D eigenvalue weighted by atomic mass is 10.3. The largest absolute Gasteiger partial charge is 0.235 e. The summed E-state index contributed by atoms with van der Waals surface area (Å²) in [5.41, 5.74) is 0.998. The molecule has 0 unspecified atom stereocenters. The number of nitrogens with zero attached hydrogens (tertiary/aromatic N) is 6. The summed E-state index contributed by atoms with van der Waals surface area (Å²) in [6, 6.07) is 2.01. The summed E-state index contributed by atoms with van der Waals surface area (Å²) in [6.45, 7) is 3.03. The van der Waals surface area contributed by atoms with Gasteiger partial charge >= 0.3 is 0 Å². The molecule has 0 bridgehead atoms. The fraction of sp³-hybridized carbons (Fsp3) is 0.417. The van der Waals surface area contributed by atoms with Gasteiger partial charge in [-0.1, -0.05) is 25.1 Å². The molecule has 0 saturated heterocycles. The number of tetrazole rings is 1. The SMILES string of the molecule is CCCCn1nnnc1CSc1ncnc2ccsc12. The van der Waals surface area contributed by atoms with Crippen LogP contribution in [0.4, 0.5) is 0 Å². The van der Waals surface area contributed by atoms with Gasteiger partial charge in [0.2, 0.25) is 0 Å². The van der Waals surface area contributed by atoms with Crippen LogP contribution in [0, 0.1) is 0 Å². The molecule has 0 aromatic carbocycles. The maximum atomic E-state index is 4.35. The molecule has 3 rings (SSSR count). The van der Waals surface area contributed by atoms with Crippen molar-refractivity contribution in [2.24, 2.45) is 0 Å². The van der Waals surface area contributed by atoms with Crippen LogP contribution in [0.5, 0.6) is 0 Å². The Morgan fingerprint density at radius 2 is 2.30 bits per heavy atom. The number of fused-ring (bicyclic) bond motifs is 1. The van der Waals surface area contributed by atoms with Gasteiger partial charge < -0.3 is 0 Å². The van der Waals surface area contributed by atoms with Gasteiger partial charge in [0.05, 0.1) is 16.0 Å². The van der Waals surface area contributed by atoms with E-state index in [1.165, 1.54) is 0 Å². The fourth-order valence-electron chi connectivity index (χ4n) is 1.81. The molecule has 0 saturated carbocycles. The van der Waals surface area contributed by atoms with Gasteiger partial charge in [0, 0.05) is 6.54 Å². The normalized spacial score (nSPS) is 11.2. The van der Waals surface area contributed by atoms with E-state index < -0.39 is 0 Å². The molecule has 20 heavy (non-hydrogen) atoms. The van der Waals surface area contributed by atoms with E-state index in [0.29, 0.717) is 0 Å². The number of aromatic nitrogens is 6. The Kier molecular flexibility index (Phi) is 4.22. The van der Waals surface area contributed by atoms with Crippen molar-refractivity contribution >= 4 is 33.3 Å². The monoisotopic (exact) mass is 306 g/mol. The van der Waals surface area contributed by atoms with Crippen molar-refractivity contribution in [2.75, 3.05) is 0 Å². The lowest BCUT2D eigenvalue weighted by molar-refractivity contribution is 0.540. The van der Waals surface area contributed by atoms with E-state index in [0.717, 1.165) is 46.2 Å². The summed E-state index contributed by atoms with van der Waals surface area (Å²) in [4.78, 5) is 8.60. The minimum absolute atomic E-state index is 0.723. The van der Waals surface area contributed by atoms with Crippen LogP contribution in [0.2, 0.25) is 0 Å². The van der Waals surface area contributed by atoms with E-state index in [1.807, 2.05) is 16.1 Å². The molecule has 0 radical (unpaired) electrons. The first-order valence-electron chi connectivity index (χ1n) is 6.44. The predicted octanol–water partition coefficient (Wildman–Crippen LogP) is 2.77. The maximum absolute atomic E-state index is 4.35. The van der Waals surface area contributed by atoms with Crippen LogP contribution in [0.25, 0.3) is 10.2 Å². The van der Waals surface area contributed by atoms with Gasteiger partial charge in [-0.05, 0) is 28.3 Å². The van der Waals surface area contributed by atoms with Crippen molar-refractivity contribution in [3.63, 3.8) is 0 Å². The molecule has 0 amide bonds. The number of thioether (sulfide) groups is 1. The lowest BCUT2D eigenvalue weighted by Crippen LogP contribution is -2.05. The zero-order valence-corrected chi connectivity index (χ0v) is 12.7. The van der Waals surface area contributed by atoms with E-state index in [-0.39, 0.29) is 0 Å². The zero-order chi connectivity index (χ0) is 13.8. The zero-order valence-electron chi connectivity index (χ0n) is 11.1. The van der Waals surface area contributed by atoms with Crippen LogP contribution in [0.3, 0.4) is 0 Å². The van der Waals surface area contributed by atoms with Gasteiger partial charge in [-0.25, -0.2) is 14.6 Å². The smallest absolute Gasteiger partial charge is 0.161 e. The molecule has 3 heterocycles. The summed E-state index contributed by atoms with van der Waals surface area (Å²) >= 11 is 3.32. The van der Waals surface area contributed by atoms with E-state index in [1.54, 1.807) is 29.4 Å². The number of thiophene rings is 1. The van der Waals surface area contributed by atoms with Crippen LogP contribution in [-0.4, -0.2) is 30.2 Å². The molecule has 0 atom stereocenters. The van der Waals surface area contributed by atoms with Crippen molar-refractivity contribution in [2.45, 2.75) is 37.1 Å². The van der Waals surface area contributed by atoms with Crippen LogP contribution in [0.15, 0.2) is 22.8 Å². The van der Waals surface area contributed by atoms with Gasteiger partial charge in [-0.15, -0.1) is 16.4 Å². The molecule has 0 N–H and O–H groups in total. The average Bonchev–Trinajstić information content (AvgIpc) is 3.11. The first-order chi connectivity index (χ1) is 9.88. The Morgan fingerprint density at radius 3 is 3.20 bits per heavy atom. The third-order valence-corrected chi connectivity index (χ3v) is 4.90. The lowest BCUT2D eigenvalue weighted by Gasteiger charge is -2.03. The summed E-state index contributed by atoms with van der Waals surface area (Å²) in [6.07, 6.45) is 3.83. The highest BCUT2D eigenvalue weighted by atomic mass is 32.2. The van der Waals surface area contributed by atoms with Gasteiger partial charge in [0.1, 0.15) is 11.4 Å². The number of hydrogen-bond donors (Lipinski definition) is 0. The molecule has 0 aliphatic heterocycles. The van der Waals surface area contributed by atoms with Crippen LogP contribution in [-0.2, 0) is 12.3 Å². The Bertz CT molecular complexity index is 692. The van der Waals surface area contributed by atoms with E-state index in [4.69, 9.17) is 0 Å². The molecule has 0 fully saturated rings. The Balaban J connectivity index is 1.73. The topological polar surface area (TPSA) is 69.4 Å². The molecule has 0 aliphatic carbocycles. The molecular formula is C12H14N6S2. The van der Waals surface area contributed by atoms with E-state index >= 15 is 0 Å². The second-order valence-corrected chi connectivity index (χ2v) is 6.15. The molecule has 0 aliphatic rings. The highest BCUT2D eigenvalue weighted by molar-refractivity contribution is 7.98. The summed E-state index contributed by atoms with van der Waals surface area (Å²) in [5, 5.41) is 14.9. The summed E-state index contributed by atoms with van der Waals surface area (Å²) in [5.74, 6) is 1.62. The maximum Gasteiger partial charge on any atom is 0.161 e. The predicted molar refractivity (Wildman–Crippen MR) is 79.7 cm³/mol. The molecule has 6 nitrogen and oxygen atoms in total. The third-order valence-electron chi connectivity index (χ3n) is 2.88. The van der Waals surface area contributed by atoms with Gasteiger partial charge in [-0.2, -0.15) is 0 Å². The number of hydrogen-bond acceptors (Lipinski definition) is 7. The van der Waals surface area contributed by atoms with Crippen LogP contribution in [0.1, 0.15) is 25.6 Å². The van der Waals surface area contributed by atoms with Crippen LogP contribution < -0.4 is 0 Å². The number of aryl methyl sites for hydroxylation is 1. The minimum Gasteiger partial charge on any atom is -0.235 e. The third kappa shape index (κ3) is 2.80.